The lowest BCUT2D eigenvalue weighted by Gasteiger charge is -2.16. The number of rotatable bonds is 1. The van der Waals surface area contributed by atoms with Crippen molar-refractivity contribution in [1.82, 2.24) is 5.01 Å². The van der Waals surface area contributed by atoms with Gasteiger partial charge in [-0.05, 0) is 6.92 Å². The molecule has 74 valence electrons. The molecule has 1 rings (SSSR count). The molecule has 0 unspecified atom stereocenters. The minimum Gasteiger partial charge on any atom is -0.297 e. The first-order valence-electron chi connectivity index (χ1n) is 4.31. The summed E-state index contributed by atoms with van der Waals surface area (Å²) in [5.41, 5.74) is 0.0448. The van der Waals surface area contributed by atoms with Crippen molar-refractivity contribution in [1.29, 1.82) is 0 Å². The van der Waals surface area contributed by atoms with Crippen molar-refractivity contribution in [2.75, 3.05) is 7.05 Å². The highest BCUT2D eigenvalue weighted by Crippen LogP contribution is 2.34. The number of hydrogen-bond donors (Lipinski definition) is 0. The number of likely N-dealkylation sites (N-methyl/N-ethyl adjacent to an activating group) is 1. The molecule has 1 heterocycles. The Bertz CT molecular complexity index is 255. The molecule has 0 saturated heterocycles. The number of hydrazone groups is 1. The van der Waals surface area contributed by atoms with E-state index in [1.165, 1.54) is 0 Å². The number of carbonyl (C=O) groups excluding carboxylic acids is 1. The van der Waals surface area contributed by atoms with Crippen molar-refractivity contribution in [3.05, 3.63) is 0 Å². The molecule has 0 N–H and O–H groups in total. The largest absolute Gasteiger partial charge is 0.297 e. The van der Waals surface area contributed by atoms with Crippen LogP contribution in [0.25, 0.3) is 0 Å². The van der Waals surface area contributed by atoms with E-state index in [0.29, 0.717) is 0 Å². The normalized spacial score (nSPS) is 23.3. The molecule has 0 aromatic carbocycles. The fourth-order valence-electron chi connectivity index (χ4n) is 1.07. The van der Waals surface area contributed by atoms with Crippen LogP contribution in [-0.4, -0.2) is 28.3 Å². The number of thioether (sulfide) groups is 1. The van der Waals surface area contributed by atoms with E-state index in [9.17, 15) is 4.79 Å². The fourth-order valence-corrected chi connectivity index (χ4v) is 2.18. The van der Waals surface area contributed by atoms with Crippen molar-refractivity contribution < 1.29 is 4.79 Å². The summed E-state index contributed by atoms with van der Waals surface area (Å²) in [5, 5.41) is 7.02. The smallest absolute Gasteiger partial charge is 0.164 e. The molecule has 0 aromatic heterocycles. The highest BCUT2D eigenvalue weighted by atomic mass is 32.2. The molecule has 0 aromatic rings. The predicted octanol–water partition coefficient (Wildman–Crippen LogP) is 1.94. The van der Waals surface area contributed by atoms with E-state index in [1.807, 2.05) is 7.05 Å². The summed E-state index contributed by atoms with van der Waals surface area (Å²) >= 11 is 1.56. The standard InChI is InChI=1S/C9H16N2OS/c1-6(12)7-11(5)10-8(13-7)9(2,3)4/h7H,1-5H3/t7-/m0/s1. The van der Waals surface area contributed by atoms with Gasteiger partial charge in [0.05, 0.1) is 0 Å². The van der Waals surface area contributed by atoms with Crippen molar-refractivity contribution in [2.24, 2.45) is 10.5 Å². The van der Waals surface area contributed by atoms with E-state index in [2.05, 4.69) is 25.9 Å². The van der Waals surface area contributed by atoms with Crippen LogP contribution in [0, 0.1) is 5.41 Å². The molecule has 0 bridgehead atoms. The summed E-state index contributed by atoms with van der Waals surface area (Å²) in [6, 6.07) is 0. The van der Waals surface area contributed by atoms with E-state index in [4.69, 9.17) is 0 Å². The lowest BCUT2D eigenvalue weighted by molar-refractivity contribution is -0.118. The van der Waals surface area contributed by atoms with Crippen molar-refractivity contribution >= 4 is 22.6 Å². The van der Waals surface area contributed by atoms with Gasteiger partial charge in [0.2, 0.25) is 0 Å². The van der Waals surface area contributed by atoms with Gasteiger partial charge in [0.1, 0.15) is 5.04 Å². The first-order valence-corrected chi connectivity index (χ1v) is 5.19. The molecule has 4 heteroatoms. The Kier molecular flexibility index (Phi) is 2.71. The van der Waals surface area contributed by atoms with Crippen LogP contribution in [0.2, 0.25) is 0 Å². The van der Waals surface area contributed by atoms with Crippen molar-refractivity contribution in [3.8, 4) is 0 Å². The Labute approximate surface area is 83.6 Å². The van der Waals surface area contributed by atoms with Gasteiger partial charge in [-0.2, -0.15) is 5.10 Å². The molecule has 0 amide bonds. The summed E-state index contributed by atoms with van der Waals surface area (Å²) in [6.45, 7) is 7.93. The lowest BCUT2D eigenvalue weighted by Crippen LogP contribution is -2.26. The third-order valence-electron chi connectivity index (χ3n) is 1.80. The second-order valence-corrected chi connectivity index (χ2v) is 5.38. The average molecular weight is 200 g/mol. The molecule has 0 spiro atoms. The van der Waals surface area contributed by atoms with Gasteiger partial charge in [0.15, 0.2) is 11.2 Å². The van der Waals surface area contributed by atoms with E-state index in [-0.39, 0.29) is 16.6 Å². The Morgan fingerprint density at radius 2 is 2.08 bits per heavy atom. The average Bonchev–Trinajstić information content (AvgIpc) is 2.29. The van der Waals surface area contributed by atoms with Crippen LogP contribution in [0.4, 0.5) is 0 Å². The van der Waals surface area contributed by atoms with Crippen LogP contribution in [-0.2, 0) is 4.79 Å². The van der Waals surface area contributed by atoms with Crippen LogP contribution < -0.4 is 0 Å². The zero-order valence-electron chi connectivity index (χ0n) is 8.79. The van der Waals surface area contributed by atoms with Gasteiger partial charge in [-0.1, -0.05) is 32.5 Å². The topological polar surface area (TPSA) is 32.7 Å². The van der Waals surface area contributed by atoms with Crippen LogP contribution in [0.5, 0.6) is 0 Å². The van der Waals surface area contributed by atoms with Gasteiger partial charge in [0.25, 0.3) is 0 Å². The number of nitrogens with zero attached hydrogens (tertiary/aromatic N) is 2. The first-order chi connectivity index (χ1) is 5.82. The van der Waals surface area contributed by atoms with Crippen molar-refractivity contribution in [3.63, 3.8) is 0 Å². The Balaban J connectivity index is 2.77. The number of hydrogen-bond acceptors (Lipinski definition) is 4. The second kappa shape index (κ2) is 3.33. The zero-order chi connectivity index (χ0) is 10.2. The quantitative estimate of drug-likeness (QED) is 0.648. The number of carbonyl (C=O) groups is 1. The van der Waals surface area contributed by atoms with Crippen LogP contribution in [0.1, 0.15) is 27.7 Å². The molecule has 1 aliphatic rings. The highest BCUT2D eigenvalue weighted by molar-refractivity contribution is 8.15. The van der Waals surface area contributed by atoms with E-state index < -0.39 is 0 Å². The van der Waals surface area contributed by atoms with Crippen LogP contribution in [0.15, 0.2) is 5.10 Å². The summed E-state index contributed by atoms with van der Waals surface area (Å²) in [7, 11) is 1.85. The minimum atomic E-state index is -0.116. The monoisotopic (exact) mass is 200 g/mol. The molecule has 0 saturated carbocycles. The summed E-state index contributed by atoms with van der Waals surface area (Å²) in [5.74, 6) is 0.163. The predicted molar refractivity (Wildman–Crippen MR) is 56.7 cm³/mol. The first kappa shape index (κ1) is 10.6. The lowest BCUT2D eigenvalue weighted by atomic mass is 9.99. The van der Waals surface area contributed by atoms with Crippen LogP contribution >= 0.6 is 11.8 Å². The Hall–Kier alpha value is -0.510. The van der Waals surface area contributed by atoms with E-state index in [1.54, 1.807) is 23.7 Å². The fraction of sp³-hybridized carbons (Fsp3) is 0.778. The molecule has 3 nitrogen and oxygen atoms in total. The maximum Gasteiger partial charge on any atom is 0.164 e. The minimum absolute atomic E-state index is 0.0448. The Morgan fingerprint density at radius 3 is 2.31 bits per heavy atom. The van der Waals surface area contributed by atoms with Gasteiger partial charge in [-0.3, -0.25) is 9.80 Å². The third-order valence-corrected chi connectivity index (χ3v) is 3.58. The highest BCUT2D eigenvalue weighted by Gasteiger charge is 2.33. The molecule has 1 atom stereocenters. The van der Waals surface area contributed by atoms with Gasteiger partial charge in [0, 0.05) is 12.5 Å². The van der Waals surface area contributed by atoms with Gasteiger partial charge >= 0.3 is 0 Å². The SMILES string of the molecule is CC(=O)[C@@H]1SC(C(C)(C)C)=NN1C. The zero-order valence-corrected chi connectivity index (χ0v) is 9.60. The maximum atomic E-state index is 11.2. The molecule has 13 heavy (non-hydrogen) atoms. The molecule has 0 aliphatic carbocycles. The van der Waals surface area contributed by atoms with E-state index in [0.717, 1.165) is 5.04 Å². The third kappa shape index (κ3) is 2.24. The van der Waals surface area contributed by atoms with E-state index >= 15 is 0 Å². The molecule has 0 radical (unpaired) electrons. The van der Waals surface area contributed by atoms with Gasteiger partial charge in [-0.15, -0.1) is 0 Å². The molecular weight excluding hydrogens is 184 g/mol. The summed E-state index contributed by atoms with van der Waals surface area (Å²) < 4.78 is 0. The Morgan fingerprint density at radius 1 is 1.54 bits per heavy atom. The number of ketones is 1. The van der Waals surface area contributed by atoms with Crippen molar-refractivity contribution in [2.45, 2.75) is 33.1 Å². The number of Topliss-reactive ketones (excluding diaryl/α,β-unsaturated/α-hetero) is 1. The van der Waals surface area contributed by atoms with Gasteiger partial charge < -0.3 is 0 Å². The molecular formula is C9H16N2OS. The van der Waals surface area contributed by atoms with Gasteiger partial charge in [-0.25, -0.2) is 0 Å². The van der Waals surface area contributed by atoms with Crippen LogP contribution in [0.3, 0.4) is 0 Å². The summed E-state index contributed by atoms with van der Waals surface area (Å²) in [4.78, 5) is 11.2. The molecule has 1 aliphatic heterocycles. The molecule has 0 fully saturated rings. The second-order valence-electron chi connectivity index (χ2n) is 4.31. The maximum absolute atomic E-state index is 11.2. The summed E-state index contributed by atoms with van der Waals surface area (Å²) in [6.07, 6.45) is 0.